The van der Waals surface area contributed by atoms with Crippen molar-refractivity contribution in [2.75, 3.05) is 13.2 Å². The monoisotopic (exact) mass is 487 g/mol. The van der Waals surface area contributed by atoms with Crippen LogP contribution in [0, 0.1) is 0 Å². The van der Waals surface area contributed by atoms with Gasteiger partial charge in [0.2, 0.25) is 0 Å². The zero-order valence-corrected chi connectivity index (χ0v) is 20.3. The summed E-state index contributed by atoms with van der Waals surface area (Å²) in [6, 6.07) is 25.4. The lowest BCUT2D eigenvalue weighted by molar-refractivity contribution is -0.122. The molecule has 0 spiro atoms. The maximum atomic E-state index is 13.0. The smallest absolute Gasteiger partial charge is 0.266 e. The van der Waals surface area contributed by atoms with Crippen molar-refractivity contribution in [3.63, 3.8) is 0 Å². The number of thiocarbonyl (C=S) groups is 1. The SMILES string of the molecule is C=CCc1ccccc1OCCOc1ccccc1C=C1SC(=S)N(Cc2ccccc2)C1=O. The molecule has 6 heteroatoms. The van der Waals surface area contributed by atoms with Crippen LogP contribution in [0.3, 0.4) is 0 Å². The number of benzene rings is 3. The molecule has 1 saturated heterocycles. The van der Waals surface area contributed by atoms with Crippen LogP contribution in [0.15, 0.2) is 96.4 Å². The molecule has 0 saturated carbocycles. The highest BCUT2D eigenvalue weighted by molar-refractivity contribution is 8.26. The van der Waals surface area contributed by atoms with Crippen LogP contribution in [0.25, 0.3) is 6.08 Å². The predicted molar refractivity (Wildman–Crippen MR) is 143 cm³/mol. The van der Waals surface area contributed by atoms with Crippen LogP contribution in [0.1, 0.15) is 16.7 Å². The third-order valence-electron chi connectivity index (χ3n) is 5.20. The highest BCUT2D eigenvalue weighted by Crippen LogP contribution is 2.35. The maximum Gasteiger partial charge on any atom is 0.266 e. The number of para-hydroxylation sites is 2. The van der Waals surface area contributed by atoms with E-state index in [1.54, 1.807) is 4.90 Å². The number of ether oxygens (including phenoxy) is 2. The molecule has 1 heterocycles. The van der Waals surface area contributed by atoms with Crippen LogP contribution in [-0.4, -0.2) is 28.3 Å². The van der Waals surface area contributed by atoms with Gasteiger partial charge < -0.3 is 9.47 Å². The highest BCUT2D eigenvalue weighted by Gasteiger charge is 2.32. The summed E-state index contributed by atoms with van der Waals surface area (Å²) < 4.78 is 12.5. The van der Waals surface area contributed by atoms with E-state index < -0.39 is 0 Å². The van der Waals surface area contributed by atoms with Crippen LogP contribution in [0.2, 0.25) is 0 Å². The first-order chi connectivity index (χ1) is 16.7. The molecule has 1 fully saturated rings. The number of carbonyl (C=O) groups excluding carboxylic acids is 1. The molecule has 34 heavy (non-hydrogen) atoms. The van der Waals surface area contributed by atoms with E-state index in [0.717, 1.165) is 28.9 Å². The second-order valence-corrected chi connectivity index (χ2v) is 9.26. The van der Waals surface area contributed by atoms with E-state index in [4.69, 9.17) is 21.7 Å². The van der Waals surface area contributed by atoms with Crippen molar-refractivity contribution in [1.29, 1.82) is 0 Å². The first kappa shape index (κ1) is 23.8. The molecule has 4 nitrogen and oxygen atoms in total. The molecule has 0 aromatic heterocycles. The molecule has 1 aliphatic heterocycles. The Hall–Kier alpha value is -3.35. The molecule has 0 bridgehead atoms. The Morgan fingerprint density at radius 3 is 2.29 bits per heavy atom. The molecular weight excluding hydrogens is 462 g/mol. The highest BCUT2D eigenvalue weighted by atomic mass is 32.2. The van der Waals surface area contributed by atoms with Gasteiger partial charge in [-0.3, -0.25) is 9.69 Å². The van der Waals surface area contributed by atoms with Gasteiger partial charge in [0, 0.05) is 5.56 Å². The van der Waals surface area contributed by atoms with Crippen molar-refractivity contribution in [3.8, 4) is 11.5 Å². The first-order valence-corrected chi connectivity index (χ1v) is 12.2. The molecule has 0 unspecified atom stereocenters. The third-order valence-corrected chi connectivity index (χ3v) is 6.58. The molecular formula is C28H25NO3S2. The lowest BCUT2D eigenvalue weighted by Gasteiger charge is -2.14. The molecule has 4 rings (SSSR count). The van der Waals surface area contributed by atoms with Gasteiger partial charge in [0.15, 0.2) is 0 Å². The van der Waals surface area contributed by atoms with Crippen molar-refractivity contribution < 1.29 is 14.3 Å². The minimum absolute atomic E-state index is 0.0872. The predicted octanol–water partition coefficient (Wildman–Crippen LogP) is 6.27. The summed E-state index contributed by atoms with van der Waals surface area (Å²) in [5, 5.41) is 0. The molecule has 0 atom stereocenters. The lowest BCUT2D eigenvalue weighted by atomic mass is 10.1. The number of rotatable bonds is 10. The van der Waals surface area contributed by atoms with E-state index in [1.165, 1.54) is 11.8 Å². The number of allylic oxidation sites excluding steroid dienone is 1. The molecule has 3 aromatic rings. The van der Waals surface area contributed by atoms with Crippen molar-refractivity contribution in [3.05, 3.63) is 113 Å². The number of hydrogen-bond donors (Lipinski definition) is 0. The Morgan fingerprint density at radius 2 is 1.53 bits per heavy atom. The van der Waals surface area contributed by atoms with Crippen LogP contribution in [-0.2, 0) is 17.8 Å². The number of thioether (sulfide) groups is 1. The van der Waals surface area contributed by atoms with Gasteiger partial charge in [-0.05, 0) is 35.8 Å². The number of amides is 1. The van der Waals surface area contributed by atoms with E-state index in [2.05, 4.69) is 6.58 Å². The molecule has 1 amide bonds. The van der Waals surface area contributed by atoms with Crippen molar-refractivity contribution in [1.82, 2.24) is 4.90 Å². The fourth-order valence-corrected chi connectivity index (χ4v) is 4.79. The summed E-state index contributed by atoms with van der Waals surface area (Å²) in [7, 11) is 0. The first-order valence-electron chi connectivity index (χ1n) is 11.0. The minimum atomic E-state index is -0.0872. The van der Waals surface area contributed by atoms with E-state index in [0.29, 0.717) is 34.7 Å². The van der Waals surface area contributed by atoms with Crippen molar-refractivity contribution in [2.24, 2.45) is 0 Å². The van der Waals surface area contributed by atoms with Gasteiger partial charge in [-0.15, -0.1) is 6.58 Å². The topological polar surface area (TPSA) is 38.8 Å². The molecule has 172 valence electrons. The summed E-state index contributed by atoms with van der Waals surface area (Å²) in [5.74, 6) is 1.44. The molecule has 3 aromatic carbocycles. The van der Waals surface area contributed by atoms with Gasteiger partial charge >= 0.3 is 0 Å². The van der Waals surface area contributed by atoms with Crippen LogP contribution in [0.5, 0.6) is 11.5 Å². The summed E-state index contributed by atoms with van der Waals surface area (Å²) in [4.78, 5) is 15.2. The normalized spacial score (nSPS) is 14.5. The van der Waals surface area contributed by atoms with E-state index >= 15 is 0 Å². The largest absolute Gasteiger partial charge is 0.490 e. The average molecular weight is 488 g/mol. The van der Waals surface area contributed by atoms with Gasteiger partial charge in [0.05, 0.1) is 11.4 Å². The van der Waals surface area contributed by atoms with Crippen molar-refractivity contribution in [2.45, 2.75) is 13.0 Å². The molecule has 0 aliphatic carbocycles. The summed E-state index contributed by atoms with van der Waals surface area (Å²) in [5.41, 5.74) is 2.96. The molecule has 1 aliphatic rings. The summed E-state index contributed by atoms with van der Waals surface area (Å²) in [6.07, 6.45) is 4.46. The van der Waals surface area contributed by atoms with E-state index in [1.807, 2.05) is 91.0 Å². The van der Waals surface area contributed by atoms with Gasteiger partial charge in [0.1, 0.15) is 29.0 Å². The summed E-state index contributed by atoms with van der Waals surface area (Å²) >= 11 is 6.79. The molecule has 0 radical (unpaired) electrons. The third kappa shape index (κ3) is 5.95. The number of nitrogens with zero attached hydrogens (tertiary/aromatic N) is 1. The zero-order chi connectivity index (χ0) is 23.8. The second kappa shape index (κ2) is 11.7. The van der Waals surface area contributed by atoms with Crippen molar-refractivity contribution >= 4 is 40.3 Å². The van der Waals surface area contributed by atoms with Gasteiger partial charge in [-0.25, -0.2) is 0 Å². The van der Waals surface area contributed by atoms with E-state index in [9.17, 15) is 4.79 Å². The van der Waals surface area contributed by atoms with Gasteiger partial charge in [-0.2, -0.15) is 0 Å². The maximum absolute atomic E-state index is 13.0. The fraction of sp³-hybridized carbons (Fsp3) is 0.143. The van der Waals surface area contributed by atoms with E-state index in [-0.39, 0.29) is 5.91 Å². The minimum Gasteiger partial charge on any atom is -0.490 e. The Bertz CT molecular complexity index is 1210. The van der Waals surface area contributed by atoms with Crippen LogP contribution < -0.4 is 9.47 Å². The Kier molecular flexibility index (Phi) is 8.17. The summed E-state index contributed by atoms with van der Waals surface area (Å²) in [6.45, 7) is 5.04. The lowest BCUT2D eigenvalue weighted by Crippen LogP contribution is -2.27. The second-order valence-electron chi connectivity index (χ2n) is 7.59. The number of carbonyl (C=O) groups is 1. The van der Waals surface area contributed by atoms with Crippen LogP contribution >= 0.6 is 24.0 Å². The number of hydrogen-bond acceptors (Lipinski definition) is 5. The quantitative estimate of drug-likeness (QED) is 0.146. The zero-order valence-electron chi connectivity index (χ0n) is 18.7. The molecule has 0 N–H and O–H groups in total. The standard InChI is InChI=1S/C28H25NO3S2/c1-2-10-22-13-6-8-15-24(22)31-17-18-32-25-16-9-7-14-23(25)19-26-27(30)29(28(33)34-26)20-21-11-4-3-5-12-21/h2-9,11-16,19H,1,10,17-18,20H2. The van der Waals surface area contributed by atoms with Gasteiger partial charge in [0.25, 0.3) is 5.91 Å². The Balaban J connectivity index is 1.40. The van der Waals surface area contributed by atoms with Gasteiger partial charge in [-0.1, -0.05) is 96.8 Å². The fourth-order valence-electron chi connectivity index (χ4n) is 3.55. The Morgan fingerprint density at radius 1 is 0.882 bits per heavy atom. The Labute approximate surface area is 209 Å². The average Bonchev–Trinajstić information content (AvgIpc) is 3.12. The van der Waals surface area contributed by atoms with Crippen LogP contribution in [0.4, 0.5) is 0 Å².